The molecule has 1 aromatic rings. The van der Waals surface area contributed by atoms with Crippen LogP contribution in [0.2, 0.25) is 0 Å². The first-order valence-electron chi connectivity index (χ1n) is 7.26. The Morgan fingerprint density at radius 2 is 1.91 bits per heavy atom. The summed E-state index contributed by atoms with van der Waals surface area (Å²) in [4.78, 5) is 14.0. The summed E-state index contributed by atoms with van der Waals surface area (Å²) < 4.78 is 15.4. The van der Waals surface area contributed by atoms with Crippen LogP contribution < -0.4 is 4.90 Å². The SMILES string of the molecule is CCOC(=O)CC(=S)N(CCOCCOC)c1ccccc1. The second kappa shape index (κ2) is 11.1. The Kier molecular flexibility index (Phi) is 9.37. The van der Waals surface area contributed by atoms with E-state index in [2.05, 4.69) is 0 Å². The molecular weight excluding hydrogens is 302 g/mol. The first-order valence-corrected chi connectivity index (χ1v) is 7.67. The number of thiocarbonyl (C=S) groups is 1. The van der Waals surface area contributed by atoms with Crippen LogP contribution in [0.5, 0.6) is 0 Å². The number of hydrogen-bond acceptors (Lipinski definition) is 5. The van der Waals surface area contributed by atoms with Gasteiger partial charge in [-0.2, -0.15) is 0 Å². The predicted molar refractivity (Wildman–Crippen MR) is 90.3 cm³/mol. The van der Waals surface area contributed by atoms with Crippen LogP contribution in [0.1, 0.15) is 13.3 Å². The van der Waals surface area contributed by atoms with Crippen LogP contribution >= 0.6 is 12.2 Å². The van der Waals surface area contributed by atoms with Crippen molar-refractivity contribution < 1.29 is 19.0 Å². The number of rotatable bonds is 10. The van der Waals surface area contributed by atoms with Gasteiger partial charge in [0.05, 0.1) is 37.8 Å². The average molecular weight is 325 g/mol. The summed E-state index contributed by atoms with van der Waals surface area (Å²) in [5.74, 6) is -0.311. The van der Waals surface area contributed by atoms with Gasteiger partial charge in [-0.25, -0.2) is 0 Å². The van der Waals surface area contributed by atoms with Gasteiger partial charge >= 0.3 is 5.97 Å². The number of ether oxygens (including phenoxy) is 3. The number of para-hydroxylation sites is 1. The minimum absolute atomic E-state index is 0.0934. The summed E-state index contributed by atoms with van der Waals surface area (Å²) >= 11 is 5.39. The molecule has 0 heterocycles. The molecule has 0 amide bonds. The topological polar surface area (TPSA) is 48.0 Å². The van der Waals surface area contributed by atoms with E-state index in [1.54, 1.807) is 14.0 Å². The lowest BCUT2D eigenvalue weighted by Gasteiger charge is -2.25. The highest BCUT2D eigenvalue weighted by atomic mass is 32.1. The molecule has 0 fully saturated rings. The summed E-state index contributed by atoms with van der Waals surface area (Å²) in [7, 11) is 1.63. The van der Waals surface area contributed by atoms with Gasteiger partial charge in [-0.05, 0) is 19.1 Å². The number of nitrogens with zero attached hydrogens (tertiary/aromatic N) is 1. The Labute approximate surface area is 137 Å². The third-order valence-electron chi connectivity index (χ3n) is 2.86. The number of esters is 1. The standard InChI is InChI=1S/C16H23NO4S/c1-3-21-16(18)13-15(22)17(9-10-20-12-11-19-2)14-7-5-4-6-8-14/h4-8H,3,9-13H2,1-2H3. The lowest BCUT2D eigenvalue weighted by molar-refractivity contribution is -0.141. The number of carbonyl (C=O) groups excluding carboxylic acids is 1. The van der Waals surface area contributed by atoms with E-state index in [0.717, 1.165) is 5.69 Å². The van der Waals surface area contributed by atoms with E-state index in [9.17, 15) is 4.79 Å². The molecule has 0 aromatic heterocycles. The maximum atomic E-state index is 11.6. The molecule has 0 aliphatic rings. The van der Waals surface area contributed by atoms with Gasteiger partial charge in [-0.3, -0.25) is 4.79 Å². The van der Waals surface area contributed by atoms with Crippen LogP contribution in [0, 0.1) is 0 Å². The number of carbonyl (C=O) groups is 1. The first kappa shape index (κ1) is 18.5. The highest BCUT2D eigenvalue weighted by molar-refractivity contribution is 7.80. The summed E-state index contributed by atoms with van der Waals surface area (Å²) in [6.07, 6.45) is 0.0934. The van der Waals surface area contributed by atoms with Crippen LogP contribution in [-0.2, 0) is 19.0 Å². The van der Waals surface area contributed by atoms with Crippen LogP contribution in [0.4, 0.5) is 5.69 Å². The molecule has 0 unspecified atom stereocenters. The molecule has 6 heteroatoms. The molecule has 0 N–H and O–H groups in total. The maximum absolute atomic E-state index is 11.6. The molecule has 5 nitrogen and oxygen atoms in total. The van der Waals surface area contributed by atoms with Gasteiger partial charge in [0, 0.05) is 19.3 Å². The lowest BCUT2D eigenvalue weighted by atomic mass is 10.2. The van der Waals surface area contributed by atoms with Crippen molar-refractivity contribution in [3.63, 3.8) is 0 Å². The van der Waals surface area contributed by atoms with E-state index in [-0.39, 0.29) is 12.4 Å². The minimum Gasteiger partial charge on any atom is -0.466 e. The van der Waals surface area contributed by atoms with Crippen molar-refractivity contribution in [3.05, 3.63) is 30.3 Å². The molecule has 122 valence electrons. The maximum Gasteiger partial charge on any atom is 0.312 e. The molecule has 0 aliphatic heterocycles. The van der Waals surface area contributed by atoms with Crippen molar-refractivity contribution in [1.82, 2.24) is 0 Å². The van der Waals surface area contributed by atoms with E-state index in [1.807, 2.05) is 35.2 Å². The normalized spacial score (nSPS) is 10.3. The number of methoxy groups -OCH3 is 1. The smallest absolute Gasteiger partial charge is 0.312 e. The third kappa shape index (κ3) is 6.98. The largest absolute Gasteiger partial charge is 0.466 e. The molecule has 1 aromatic carbocycles. The van der Waals surface area contributed by atoms with Crippen molar-refractivity contribution in [1.29, 1.82) is 0 Å². The van der Waals surface area contributed by atoms with Gasteiger partial charge < -0.3 is 19.1 Å². The van der Waals surface area contributed by atoms with Crippen LogP contribution in [-0.4, -0.2) is 51.0 Å². The van der Waals surface area contributed by atoms with Crippen LogP contribution in [0.15, 0.2) is 30.3 Å². The van der Waals surface area contributed by atoms with Crippen molar-refractivity contribution in [2.75, 3.05) is 45.0 Å². The van der Waals surface area contributed by atoms with Crippen LogP contribution in [0.25, 0.3) is 0 Å². The van der Waals surface area contributed by atoms with Crippen molar-refractivity contribution in [2.45, 2.75) is 13.3 Å². The fraction of sp³-hybridized carbons (Fsp3) is 0.500. The Morgan fingerprint density at radius 3 is 2.55 bits per heavy atom. The first-order chi connectivity index (χ1) is 10.7. The summed E-state index contributed by atoms with van der Waals surface area (Å²) in [5, 5.41) is 0. The van der Waals surface area contributed by atoms with Gasteiger partial charge in [0.15, 0.2) is 0 Å². The summed E-state index contributed by atoms with van der Waals surface area (Å²) in [6.45, 7) is 4.29. The number of hydrogen-bond donors (Lipinski definition) is 0. The zero-order valence-corrected chi connectivity index (χ0v) is 13.9. The van der Waals surface area contributed by atoms with E-state index in [0.29, 0.717) is 38.0 Å². The highest BCUT2D eigenvalue weighted by Crippen LogP contribution is 2.15. The van der Waals surface area contributed by atoms with E-state index < -0.39 is 0 Å². The molecule has 1 rings (SSSR count). The highest BCUT2D eigenvalue weighted by Gasteiger charge is 2.15. The van der Waals surface area contributed by atoms with Crippen molar-refractivity contribution >= 4 is 28.9 Å². The monoisotopic (exact) mass is 325 g/mol. The molecule has 22 heavy (non-hydrogen) atoms. The Morgan fingerprint density at radius 1 is 1.18 bits per heavy atom. The number of benzene rings is 1. The van der Waals surface area contributed by atoms with E-state index in [1.165, 1.54) is 0 Å². The fourth-order valence-corrected chi connectivity index (χ4v) is 2.15. The quantitative estimate of drug-likeness (QED) is 0.374. The van der Waals surface area contributed by atoms with Gasteiger partial charge in [0.25, 0.3) is 0 Å². The van der Waals surface area contributed by atoms with Crippen LogP contribution in [0.3, 0.4) is 0 Å². The van der Waals surface area contributed by atoms with Crippen molar-refractivity contribution in [2.24, 2.45) is 0 Å². The Bertz CT molecular complexity index is 453. The zero-order chi connectivity index (χ0) is 16.2. The van der Waals surface area contributed by atoms with E-state index >= 15 is 0 Å². The van der Waals surface area contributed by atoms with E-state index in [4.69, 9.17) is 26.4 Å². The molecule has 0 atom stereocenters. The molecule has 0 bridgehead atoms. The minimum atomic E-state index is -0.311. The molecule has 0 saturated carbocycles. The summed E-state index contributed by atoms with van der Waals surface area (Å²) in [5.41, 5.74) is 0.937. The molecule has 0 radical (unpaired) electrons. The number of anilines is 1. The fourth-order valence-electron chi connectivity index (χ4n) is 1.84. The third-order valence-corrected chi connectivity index (χ3v) is 3.23. The van der Waals surface area contributed by atoms with Gasteiger partial charge in [0.1, 0.15) is 0 Å². The second-order valence-electron chi connectivity index (χ2n) is 4.47. The molecule has 0 aliphatic carbocycles. The van der Waals surface area contributed by atoms with Gasteiger partial charge in [-0.15, -0.1) is 0 Å². The van der Waals surface area contributed by atoms with Crippen molar-refractivity contribution in [3.8, 4) is 0 Å². The molecule has 0 spiro atoms. The Hall–Kier alpha value is -1.50. The summed E-state index contributed by atoms with van der Waals surface area (Å²) in [6, 6.07) is 9.70. The average Bonchev–Trinajstić information content (AvgIpc) is 2.51. The van der Waals surface area contributed by atoms with Gasteiger partial charge in [0.2, 0.25) is 0 Å². The zero-order valence-electron chi connectivity index (χ0n) is 13.1. The lowest BCUT2D eigenvalue weighted by Crippen LogP contribution is -2.34. The molecule has 0 saturated heterocycles. The van der Waals surface area contributed by atoms with Gasteiger partial charge in [-0.1, -0.05) is 30.4 Å². The Balaban J connectivity index is 2.62. The second-order valence-corrected chi connectivity index (χ2v) is 4.94. The molecular formula is C16H23NO4S. The predicted octanol–water partition coefficient (Wildman–Crippen LogP) is 2.44.